The fraction of sp³-hybridized carbons (Fsp3) is 0.548. The minimum atomic E-state index is -4.46. The second kappa shape index (κ2) is 13.4. The Morgan fingerprint density at radius 3 is 2.39 bits per heavy atom. The molecule has 44 heavy (non-hydrogen) atoms. The number of carbonyl (C=O) groups excluding carboxylic acids is 2. The van der Waals surface area contributed by atoms with E-state index in [1.54, 1.807) is 27.7 Å². The number of hydrogen-bond acceptors (Lipinski definition) is 6. The van der Waals surface area contributed by atoms with E-state index < -0.39 is 47.3 Å². The van der Waals surface area contributed by atoms with Gasteiger partial charge in [0.1, 0.15) is 11.9 Å². The highest BCUT2D eigenvalue weighted by molar-refractivity contribution is 5.94. The Hall–Kier alpha value is -3.87. The van der Waals surface area contributed by atoms with Gasteiger partial charge in [0.05, 0.1) is 41.9 Å². The van der Waals surface area contributed by atoms with Crippen LogP contribution in [0.1, 0.15) is 77.8 Å². The number of anilines is 1. The van der Waals surface area contributed by atoms with Crippen LogP contribution in [0.15, 0.2) is 49.1 Å². The van der Waals surface area contributed by atoms with Crippen LogP contribution in [0.5, 0.6) is 0 Å². The molecule has 2 N–H and O–H groups in total. The maximum Gasteiger partial charge on any atom is 0.416 e. The van der Waals surface area contributed by atoms with Gasteiger partial charge in [-0.1, -0.05) is 52.7 Å². The van der Waals surface area contributed by atoms with E-state index in [0.717, 1.165) is 36.3 Å². The molecule has 2 amide bonds. The zero-order valence-electron chi connectivity index (χ0n) is 25.4. The molecule has 0 saturated heterocycles. The molecule has 13 heteroatoms. The molecule has 0 spiro atoms. The van der Waals surface area contributed by atoms with Crippen molar-refractivity contribution in [3.05, 3.63) is 54.6 Å². The number of halogens is 3. The van der Waals surface area contributed by atoms with E-state index in [-0.39, 0.29) is 19.0 Å². The lowest BCUT2D eigenvalue weighted by Gasteiger charge is -2.47. The average Bonchev–Trinajstić information content (AvgIpc) is 3.57. The van der Waals surface area contributed by atoms with Gasteiger partial charge in [-0.3, -0.25) is 4.79 Å². The maximum absolute atomic E-state index is 13.4. The first kappa shape index (κ1) is 33.0. The van der Waals surface area contributed by atoms with E-state index in [0.29, 0.717) is 29.9 Å². The van der Waals surface area contributed by atoms with Gasteiger partial charge in [0.2, 0.25) is 0 Å². The topological polar surface area (TPSA) is 128 Å². The van der Waals surface area contributed by atoms with Crippen LogP contribution in [0, 0.1) is 5.41 Å². The lowest BCUT2D eigenvalue weighted by atomic mass is 9.83. The first-order chi connectivity index (χ1) is 20.7. The number of amides is 2. The third-order valence-corrected chi connectivity index (χ3v) is 8.26. The van der Waals surface area contributed by atoms with Crippen molar-refractivity contribution in [2.45, 2.75) is 103 Å². The average molecular weight is 618 g/mol. The Kier molecular flexibility index (Phi) is 10.1. The molecule has 3 atom stereocenters. The van der Waals surface area contributed by atoms with Crippen molar-refractivity contribution in [2.24, 2.45) is 5.41 Å². The highest BCUT2D eigenvalue weighted by Crippen LogP contribution is 2.34. The predicted octanol–water partition coefficient (Wildman–Crippen LogP) is 5.11. The van der Waals surface area contributed by atoms with Gasteiger partial charge < -0.3 is 29.8 Å². The molecule has 0 bridgehead atoms. The van der Waals surface area contributed by atoms with Crippen LogP contribution in [0.25, 0.3) is 11.3 Å². The number of rotatable bonds is 12. The van der Waals surface area contributed by atoms with Crippen molar-refractivity contribution in [3.63, 3.8) is 0 Å². The zero-order chi connectivity index (χ0) is 32.2. The number of carboxylic acid groups (broad SMARTS) is 1. The van der Waals surface area contributed by atoms with E-state index in [2.05, 4.69) is 15.4 Å². The quantitative estimate of drug-likeness (QED) is 0.291. The SMILES string of the molecule is CCCC[C@@H]([C@@H](O)C(=O)Nc1ccnn1C1CCC1)N(C(=O)[O-])[C@H](Cn1cnc(-c2ccc(C(F)(F)F)cc2)c1)C(C)(C)C. The number of alkyl halides is 3. The Bertz CT molecular complexity index is 1410. The highest BCUT2D eigenvalue weighted by Gasteiger charge is 2.40. The lowest BCUT2D eigenvalue weighted by Crippen LogP contribution is -2.62. The Morgan fingerprint density at radius 1 is 1.16 bits per heavy atom. The summed E-state index contributed by atoms with van der Waals surface area (Å²) in [5.74, 6) is -0.298. The van der Waals surface area contributed by atoms with Crippen LogP contribution < -0.4 is 10.4 Å². The van der Waals surface area contributed by atoms with Gasteiger partial charge in [-0.05, 0) is 43.2 Å². The van der Waals surface area contributed by atoms with E-state index >= 15 is 0 Å². The molecule has 1 fully saturated rings. The molecule has 0 radical (unpaired) electrons. The molecule has 10 nitrogen and oxygen atoms in total. The summed E-state index contributed by atoms with van der Waals surface area (Å²) >= 11 is 0. The van der Waals surface area contributed by atoms with E-state index in [9.17, 15) is 33.0 Å². The molecule has 1 aromatic carbocycles. The summed E-state index contributed by atoms with van der Waals surface area (Å²) in [5, 5.41) is 31.2. The fourth-order valence-corrected chi connectivity index (χ4v) is 5.48. The molecule has 3 aromatic rings. The standard InChI is InChI=1S/C31H41F3N6O4/c1-5-6-10-24(27(41)28(42)37-26-15-16-36-40(26)22-8-7-9-22)39(29(43)44)25(30(2,3)4)18-38-17-23(35-19-38)20-11-13-21(14-12-20)31(32,33)34/h11-17,19,22,24-25,27,41H,5-10,18H2,1-4H3,(H,37,42)(H,43,44)/p-1/t24-,25+,27+/m0/s1. The van der Waals surface area contributed by atoms with Crippen molar-refractivity contribution < 1.29 is 33.0 Å². The summed E-state index contributed by atoms with van der Waals surface area (Å²) in [6.45, 7) is 7.57. The van der Waals surface area contributed by atoms with Crippen molar-refractivity contribution in [2.75, 3.05) is 5.32 Å². The fourth-order valence-electron chi connectivity index (χ4n) is 5.48. The van der Waals surface area contributed by atoms with Gasteiger partial charge in [-0.25, -0.2) is 9.67 Å². The van der Waals surface area contributed by atoms with E-state index in [4.69, 9.17) is 0 Å². The van der Waals surface area contributed by atoms with Gasteiger partial charge in [-0.2, -0.15) is 18.3 Å². The van der Waals surface area contributed by atoms with Crippen LogP contribution in [-0.2, 0) is 17.5 Å². The minimum absolute atomic E-state index is 0.0938. The summed E-state index contributed by atoms with van der Waals surface area (Å²) in [5.41, 5.74) is -0.569. The van der Waals surface area contributed by atoms with Crippen LogP contribution in [-0.4, -0.2) is 59.5 Å². The zero-order valence-corrected chi connectivity index (χ0v) is 25.4. The Morgan fingerprint density at radius 2 is 1.84 bits per heavy atom. The molecule has 1 aliphatic rings. The molecule has 2 heterocycles. The molecule has 1 saturated carbocycles. The number of imidazole rings is 1. The third-order valence-electron chi connectivity index (χ3n) is 8.26. The number of aromatic nitrogens is 4. The van der Waals surface area contributed by atoms with Crippen molar-refractivity contribution in [1.29, 1.82) is 0 Å². The van der Waals surface area contributed by atoms with E-state index in [1.807, 2.05) is 27.7 Å². The number of aliphatic hydroxyl groups excluding tert-OH is 1. The van der Waals surface area contributed by atoms with E-state index in [1.165, 1.54) is 18.5 Å². The summed E-state index contributed by atoms with van der Waals surface area (Å²) < 4.78 is 42.4. The van der Waals surface area contributed by atoms with Gasteiger partial charge in [0.25, 0.3) is 5.91 Å². The normalized spacial score (nSPS) is 16.2. The second-order valence-electron chi connectivity index (χ2n) is 12.5. The molecule has 240 valence electrons. The van der Waals surface area contributed by atoms with Crippen molar-refractivity contribution >= 4 is 17.8 Å². The molecule has 0 aliphatic heterocycles. The Labute approximate surface area is 254 Å². The second-order valence-corrected chi connectivity index (χ2v) is 12.5. The highest BCUT2D eigenvalue weighted by atomic mass is 19.4. The monoisotopic (exact) mass is 617 g/mol. The summed E-state index contributed by atoms with van der Waals surface area (Å²) in [6, 6.07) is 4.55. The maximum atomic E-state index is 13.4. The van der Waals surface area contributed by atoms with Gasteiger partial charge >= 0.3 is 6.18 Å². The number of carbonyl (C=O) groups is 2. The summed E-state index contributed by atoms with van der Waals surface area (Å²) in [7, 11) is 0. The molecular weight excluding hydrogens is 577 g/mol. The lowest BCUT2D eigenvalue weighted by molar-refractivity contribution is -0.275. The van der Waals surface area contributed by atoms with Crippen LogP contribution in [0.3, 0.4) is 0 Å². The molecule has 4 rings (SSSR count). The van der Waals surface area contributed by atoms with Crippen LogP contribution >= 0.6 is 0 Å². The molecule has 1 aliphatic carbocycles. The first-order valence-corrected chi connectivity index (χ1v) is 14.9. The molecule has 0 unspecified atom stereocenters. The van der Waals surface area contributed by atoms with Gasteiger partial charge in [0.15, 0.2) is 6.10 Å². The largest absolute Gasteiger partial charge is 0.530 e. The smallest absolute Gasteiger partial charge is 0.416 e. The third kappa shape index (κ3) is 7.61. The minimum Gasteiger partial charge on any atom is -0.530 e. The summed E-state index contributed by atoms with van der Waals surface area (Å²) in [6.07, 6.45) is 1.41. The number of nitrogens with zero attached hydrogens (tertiary/aromatic N) is 5. The van der Waals surface area contributed by atoms with Crippen LogP contribution in [0.2, 0.25) is 0 Å². The molecule has 2 aromatic heterocycles. The first-order valence-electron chi connectivity index (χ1n) is 14.9. The van der Waals surface area contributed by atoms with Crippen molar-refractivity contribution in [3.8, 4) is 11.3 Å². The Balaban J connectivity index is 1.59. The van der Waals surface area contributed by atoms with Gasteiger partial charge in [-0.15, -0.1) is 0 Å². The number of unbranched alkanes of at least 4 members (excludes halogenated alkanes) is 1. The molecular formula is C31H40F3N6O4-. The van der Waals surface area contributed by atoms with Crippen molar-refractivity contribution in [1.82, 2.24) is 24.2 Å². The summed E-state index contributed by atoms with van der Waals surface area (Å²) in [4.78, 5) is 31.6. The predicted molar refractivity (Wildman–Crippen MR) is 156 cm³/mol. The number of benzene rings is 1. The number of nitrogens with one attached hydrogen (secondary N) is 1. The van der Waals surface area contributed by atoms with Gasteiger partial charge in [0, 0.05) is 24.4 Å². The number of hydrogen-bond donors (Lipinski definition) is 2. The van der Waals surface area contributed by atoms with Crippen LogP contribution in [0.4, 0.5) is 23.8 Å². The number of aliphatic hydroxyl groups is 1.